The van der Waals surface area contributed by atoms with E-state index >= 15 is 0 Å². The Morgan fingerprint density at radius 1 is 1.30 bits per heavy atom. The summed E-state index contributed by atoms with van der Waals surface area (Å²) >= 11 is 6.32. The van der Waals surface area contributed by atoms with Gasteiger partial charge in [-0.3, -0.25) is 9.80 Å². The van der Waals surface area contributed by atoms with Crippen LogP contribution in [0.1, 0.15) is 30.8 Å². The third-order valence-corrected chi connectivity index (χ3v) is 6.97. The van der Waals surface area contributed by atoms with Crippen LogP contribution in [0.4, 0.5) is 24.5 Å². The normalized spacial score (nSPS) is 25.7. The highest BCUT2D eigenvalue weighted by Gasteiger charge is 2.48. The second-order valence-electron chi connectivity index (χ2n) is 9.22. The number of hydrogen-bond acceptors (Lipinski definition) is 7. The largest absolute Gasteiger partial charge is 0.490 e. The van der Waals surface area contributed by atoms with Crippen molar-refractivity contribution >= 4 is 34.7 Å². The number of rotatable bonds is 7. The Hall–Kier alpha value is -3.21. The first-order chi connectivity index (χ1) is 18.6. The molecule has 0 bridgehead atoms. The number of ether oxygens (including phenoxy) is 2. The predicted octanol–water partition coefficient (Wildman–Crippen LogP) is 5.26. The third-order valence-electron chi connectivity index (χ3n) is 6.68. The Labute approximate surface area is 221 Å². The average molecular weight is 544 g/mol. The van der Waals surface area contributed by atoms with Crippen LogP contribution >= 0.6 is 11.6 Å². The lowest BCUT2D eigenvalue weighted by Gasteiger charge is -2.38. The number of carboxylic acids is 1. The zero-order valence-corrected chi connectivity index (χ0v) is 20.8. The fourth-order valence-electron chi connectivity index (χ4n) is 4.76. The van der Waals surface area contributed by atoms with Crippen molar-refractivity contribution in [2.75, 3.05) is 30.0 Å². The van der Waals surface area contributed by atoms with Crippen LogP contribution < -0.4 is 19.4 Å². The highest BCUT2D eigenvalue weighted by atomic mass is 35.5. The lowest BCUT2D eigenvalue weighted by atomic mass is 9.94. The van der Waals surface area contributed by atoms with Crippen LogP contribution in [-0.2, 0) is 4.79 Å². The molecule has 1 aromatic heterocycles. The molecule has 0 saturated carbocycles. The van der Waals surface area contributed by atoms with Crippen LogP contribution in [0.15, 0.2) is 41.6 Å². The number of hydrogen-bond donors (Lipinski definition) is 1. The van der Waals surface area contributed by atoms with Crippen LogP contribution in [0, 0.1) is 11.8 Å². The molecule has 0 aliphatic carbocycles. The number of hydrazone groups is 1. The zero-order valence-electron chi connectivity index (χ0n) is 23.1. The topological polar surface area (TPSA) is 87.5 Å². The summed E-state index contributed by atoms with van der Waals surface area (Å²) in [5.74, 6) is -1.84. The molecule has 8 nitrogen and oxygen atoms in total. The number of carbonyl (C=O) groups is 1. The van der Waals surface area contributed by atoms with Gasteiger partial charge < -0.3 is 19.5 Å². The summed E-state index contributed by atoms with van der Waals surface area (Å²) in [6, 6.07) is 6.87. The SMILES string of the molecule is [2H]C([2H])([2H])Oc1cc(N2CC[C@@H](Oc3ccc(N4N=C(C(F)(F)F)[C@@H](C)[C@@H]4CC(=O)O)cc3)[C@H](C)C2)c(Cl)cn1. The predicted molar refractivity (Wildman–Crippen MR) is 134 cm³/mol. The average Bonchev–Trinajstić information content (AvgIpc) is 3.17. The van der Waals surface area contributed by atoms with Crippen molar-refractivity contribution in [1.29, 1.82) is 0 Å². The van der Waals surface area contributed by atoms with Crippen molar-refractivity contribution in [1.82, 2.24) is 4.98 Å². The van der Waals surface area contributed by atoms with Gasteiger partial charge in [-0.1, -0.05) is 25.4 Å². The fraction of sp³-hybridized carbons (Fsp3) is 0.480. The van der Waals surface area contributed by atoms with Gasteiger partial charge in [-0.2, -0.15) is 18.3 Å². The molecule has 2 aliphatic heterocycles. The molecule has 2 aromatic rings. The van der Waals surface area contributed by atoms with Gasteiger partial charge in [-0.25, -0.2) is 4.98 Å². The Morgan fingerprint density at radius 3 is 2.65 bits per heavy atom. The third kappa shape index (κ3) is 5.87. The number of anilines is 2. The van der Waals surface area contributed by atoms with Gasteiger partial charge in [-0.05, 0) is 24.3 Å². The maximum atomic E-state index is 13.4. The summed E-state index contributed by atoms with van der Waals surface area (Å²) in [5.41, 5.74) is -0.0823. The summed E-state index contributed by atoms with van der Waals surface area (Å²) in [4.78, 5) is 17.2. The Morgan fingerprint density at radius 2 is 2.03 bits per heavy atom. The first-order valence-corrected chi connectivity index (χ1v) is 12.0. The number of aliphatic carboxylic acids is 1. The van der Waals surface area contributed by atoms with Crippen LogP contribution in [-0.4, -0.2) is 60.2 Å². The summed E-state index contributed by atoms with van der Waals surface area (Å²) in [7, 11) is -2.64. The van der Waals surface area contributed by atoms with E-state index in [2.05, 4.69) is 10.1 Å². The maximum Gasteiger partial charge on any atom is 0.431 e. The van der Waals surface area contributed by atoms with Crippen molar-refractivity contribution in [2.45, 2.75) is 45.0 Å². The molecule has 0 radical (unpaired) electrons. The monoisotopic (exact) mass is 543 g/mol. The van der Waals surface area contributed by atoms with Gasteiger partial charge in [0, 0.05) is 37.4 Å². The minimum absolute atomic E-state index is 0.0305. The standard InChI is InChI=1S/C25H28ClF3N4O4/c1-14-13-32(20-10-22(36-3)30-12-18(20)26)9-8-21(14)37-17-6-4-16(5-7-17)33-19(11-23(34)35)15(2)24(31-33)25(27,28)29/h4-7,10,12,14-15,19,21H,8-9,11,13H2,1-3H3,(H,34,35)/t14-,15+,19+,21-/m1/s1/i3D3. The zero-order chi connectivity index (χ0) is 29.4. The number of alkyl halides is 3. The Kier molecular flexibility index (Phi) is 6.60. The van der Waals surface area contributed by atoms with Gasteiger partial charge in [0.1, 0.15) is 17.6 Å². The molecular weight excluding hydrogens is 513 g/mol. The van der Waals surface area contributed by atoms with E-state index in [-0.39, 0.29) is 17.9 Å². The molecule has 4 atom stereocenters. The Bertz CT molecular complexity index is 1260. The number of piperidine rings is 1. The molecule has 1 fully saturated rings. The van der Waals surface area contributed by atoms with Crippen molar-refractivity contribution in [3.05, 3.63) is 41.6 Å². The number of methoxy groups -OCH3 is 1. The number of nitrogens with zero attached hydrogens (tertiary/aromatic N) is 4. The van der Waals surface area contributed by atoms with Crippen LogP contribution in [0.2, 0.25) is 5.02 Å². The molecule has 0 spiro atoms. The molecule has 4 rings (SSSR count). The number of aromatic nitrogens is 1. The van der Waals surface area contributed by atoms with Crippen molar-refractivity contribution in [2.24, 2.45) is 16.9 Å². The van der Waals surface area contributed by atoms with E-state index < -0.39 is 43.3 Å². The molecule has 2 aliphatic rings. The number of pyridine rings is 1. The van der Waals surface area contributed by atoms with Crippen molar-refractivity contribution in [3.63, 3.8) is 0 Å². The van der Waals surface area contributed by atoms with E-state index in [4.69, 9.17) is 25.2 Å². The summed E-state index contributed by atoms with van der Waals surface area (Å²) < 4.78 is 73.2. The van der Waals surface area contributed by atoms with Crippen LogP contribution in [0.3, 0.4) is 0 Å². The van der Waals surface area contributed by atoms with E-state index in [9.17, 15) is 23.1 Å². The number of carboxylic acid groups (broad SMARTS) is 1. The van der Waals surface area contributed by atoms with Gasteiger partial charge in [0.2, 0.25) is 5.88 Å². The minimum atomic E-state index is -4.66. The second-order valence-corrected chi connectivity index (χ2v) is 9.63. The van der Waals surface area contributed by atoms with E-state index in [1.807, 2.05) is 11.8 Å². The van der Waals surface area contributed by atoms with Crippen LogP contribution in [0.5, 0.6) is 11.6 Å². The highest BCUT2D eigenvalue weighted by molar-refractivity contribution is 6.33. The smallest absolute Gasteiger partial charge is 0.431 e. The molecule has 1 N–H and O–H groups in total. The first-order valence-electron chi connectivity index (χ1n) is 13.2. The summed E-state index contributed by atoms with van der Waals surface area (Å²) in [5, 5.41) is 14.4. The van der Waals surface area contributed by atoms with Gasteiger partial charge in [0.15, 0.2) is 0 Å². The number of halogens is 4. The molecule has 12 heteroatoms. The molecule has 1 aromatic carbocycles. The second kappa shape index (κ2) is 10.6. The lowest BCUT2D eigenvalue weighted by Crippen LogP contribution is -2.44. The summed E-state index contributed by atoms with van der Waals surface area (Å²) in [6.07, 6.45) is -3.38. The first kappa shape index (κ1) is 22.9. The fourth-order valence-corrected chi connectivity index (χ4v) is 4.98. The highest BCUT2D eigenvalue weighted by Crippen LogP contribution is 2.37. The Balaban J connectivity index is 1.43. The molecule has 0 amide bonds. The van der Waals surface area contributed by atoms with Crippen LogP contribution in [0.25, 0.3) is 0 Å². The van der Waals surface area contributed by atoms with Gasteiger partial charge in [0.05, 0.1) is 46.2 Å². The summed E-state index contributed by atoms with van der Waals surface area (Å²) in [6.45, 7) is 4.43. The number of benzene rings is 1. The van der Waals surface area contributed by atoms with E-state index in [1.165, 1.54) is 19.2 Å². The molecular formula is C25H28ClF3N4O4. The van der Waals surface area contributed by atoms with E-state index in [0.717, 1.165) is 5.01 Å². The molecule has 3 heterocycles. The molecule has 0 unspecified atom stereocenters. The lowest BCUT2D eigenvalue weighted by molar-refractivity contribution is -0.137. The minimum Gasteiger partial charge on any atom is -0.490 e. The van der Waals surface area contributed by atoms with Gasteiger partial charge >= 0.3 is 12.1 Å². The van der Waals surface area contributed by atoms with Gasteiger partial charge in [0.25, 0.3) is 0 Å². The molecule has 1 saturated heterocycles. The van der Waals surface area contributed by atoms with Crippen molar-refractivity contribution in [3.8, 4) is 11.6 Å². The quantitative estimate of drug-likeness (QED) is 0.510. The van der Waals surface area contributed by atoms with Crippen molar-refractivity contribution < 1.29 is 36.7 Å². The molecule has 200 valence electrons. The maximum absolute atomic E-state index is 13.4. The molecule has 37 heavy (non-hydrogen) atoms. The van der Waals surface area contributed by atoms with E-state index in [0.29, 0.717) is 41.7 Å². The van der Waals surface area contributed by atoms with Gasteiger partial charge in [-0.15, -0.1) is 0 Å². The van der Waals surface area contributed by atoms with E-state index in [1.54, 1.807) is 24.3 Å².